The van der Waals surface area contributed by atoms with Gasteiger partial charge in [0.15, 0.2) is 11.2 Å². The summed E-state index contributed by atoms with van der Waals surface area (Å²) in [6, 6.07) is -1.26. The van der Waals surface area contributed by atoms with E-state index in [1.165, 1.54) is 0 Å². The van der Waals surface area contributed by atoms with Gasteiger partial charge in [-0.15, -0.1) is 0 Å². The van der Waals surface area contributed by atoms with E-state index >= 15 is 0 Å². The average Bonchev–Trinajstić information content (AvgIpc) is 3.12. The van der Waals surface area contributed by atoms with E-state index in [0.29, 0.717) is 0 Å². The van der Waals surface area contributed by atoms with Gasteiger partial charge in [-0.05, 0) is 5.92 Å². The molecule has 180 valence electrons. The van der Waals surface area contributed by atoms with Gasteiger partial charge in [0.05, 0.1) is 19.7 Å². The minimum absolute atomic E-state index is 0.100. The maximum absolute atomic E-state index is 12.0. The van der Waals surface area contributed by atoms with E-state index in [-0.39, 0.29) is 17.1 Å². The van der Waals surface area contributed by atoms with Crippen molar-refractivity contribution in [2.75, 3.05) is 18.9 Å². The lowest BCUT2D eigenvalue weighted by Gasteiger charge is -2.19. The van der Waals surface area contributed by atoms with Crippen LogP contribution in [0.4, 0.5) is 19.1 Å². The number of esters is 1. The van der Waals surface area contributed by atoms with Crippen LogP contribution in [0.3, 0.4) is 0 Å². The fourth-order valence-corrected chi connectivity index (χ4v) is 1.72. The van der Waals surface area contributed by atoms with Gasteiger partial charge in [0.25, 0.3) is 5.56 Å². The number of carboxylic acid groups (broad SMARTS) is 1. The molecular formula is C16H23F3N6O7. The predicted molar refractivity (Wildman–Crippen MR) is 102 cm³/mol. The lowest BCUT2D eigenvalue weighted by molar-refractivity contribution is -0.192. The number of fused-ring (bicyclic) bond motifs is 1. The zero-order valence-corrected chi connectivity index (χ0v) is 16.5. The number of aliphatic hydroxyl groups is 1. The number of carbonyl (C=O) groups excluding carboxylic acids is 1. The number of ether oxygens (including phenoxy) is 2. The largest absolute Gasteiger partial charge is 0.490 e. The number of nitrogens with one attached hydrogen (secondary N) is 1. The van der Waals surface area contributed by atoms with E-state index in [2.05, 4.69) is 19.7 Å². The Kier molecular flexibility index (Phi) is 6.93. The summed E-state index contributed by atoms with van der Waals surface area (Å²) in [5.74, 6) is -4.70. The highest BCUT2D eigenvalue weighted by molar-refractivity contribution is 5.75. The molecule has 2 atom stereocenters. The Labute approximate surface area is 185 Å². The highest BCUT2D eigenvalue weighted by Gasteiger charge is 2.38. The summed E-state index contributed by atoms with van der Waals surface area (Å²) in [7, 11) is 0. The van der Waals surface area contributed by atoms with Gasteiger partial charge in [-0.25, -0.2) is 9.78 Å². The molecule has 0 aromatic carbocycles. The second-order valence-corrected chi connectivity index (χ2v) is 6.15. The van der Waals surface area contributed by atoms with Crippen LogP contribution in [0.1, 0.15) is 20.7 Å². The molecule has 0 aliphatic heterocycles. The zero-order valence-electron chi connectivity index (χ0n) is 21.5. The number of imidazole rings is 1. The highest BCUT2D eigenvalue weighted by Crippen LogP contribution is 2.13. The quantitative estimate of drug-likeness (QED) is 0.300. The average molecular weight is 473 g/mol. The van der Waals surface area contributed by atoms with E-state index in [0.717, 1.165) is 10.9 Å². The number of halogens is 3. The number of carboxylic acids is 1. The van der Waals surface area contributed by atoms with Gasteiger partial charge < -0.3 is 31.2 Å². The van der Waals surface area contributed by atoms with Crippen LogP contribution in [-0.2, 0) is 25.8 Å². The Morgan fingerprint density at radius 3 is 2.53 bits per heavy atom. The number of rotatable bonds is 8. The number of anilines is 1. The van der Waals surface area contributed by atoms with Crippen molar-refractivity contribution in [2.24, 2.45) is 11.7 Å². The predicted octanol–water partition coefficient (Wildman–Crippen LogP) is -0.803. The van der Waals surface area contributed by atoms with Crippen molar-refractivity contribution in [3.63, 3.8) is 0 Å². The third-order valence-electron chi connectivity index (χ3n) is 3.42. The molecule has 0 saturated carbocycles. The normalized spacial score (nSPS) is 17.6. The number of alkyl halides is 3. The summed E-state index contributed by atoms with van der Waals surface area (Å²) in [5, 5.41) is 16.9. The summed E-state index contributed by atoms with van der Waals surface area (Å²) >= 11 is 0. The molecule has 0 spiro atoms. The van der Waals surface area contributed by atoms with Crippen LogP contribution in [0.2, 0.25) is 0 Å². The molecule has 7 N–H and O–H groups in total. The molecule has 0 aliphatic rings. The number of hydrogen-bond acceptors (Lipinski definition) is 10. The standard InChI is InChI=1S/C14H22N6O5.C2HF3O2/c1-7(2)9(15)13(23)24-4-8(3-21)25-6-20-5-17-10-11(20)18-14(16)19-12(10)22;3-2(4,5)1(6)7/h5,7-9,21H,3-4,6,15H2,1-2H3,(H3,16,18,19,22);(H,6,7)/t8?,9-;/m0./s1/i3D2,4D2,8D;. The van der Waals surface area contributed by atoms with Crippen molar-refractivity contribution in [3.8, 4) is 0 Å². The number of hydrogen-bond donors (Lipinski definition) is 5. The summed E-state index contributed by atoms with van der Waals surface area (Å²) in [6.07, 6.45) is -7.49. The number of nitrogens with two attached hydrogens (primary N) is 2. The topological polar surface area (TPSA) is 209 Å². The third kappa shape index (κ3) is 7.78. The molecule has 2 rings (SSSR count). The lowest BCUT2D eigenvalue weighted by atomic mass is 10.1. The summed E-state index contributed by atoms with van der Waals surface area (Å²) in [6.45, 7) is -4.78. The van der Waals surface area contributed by atoms with Crippen molar-refractivity contribution in [3.05, 3.63) is 16.7 Å². The number of nitrogen functional groups attached to an aromatic ring is 1. The Bertz CT molecular complexity index is 1190. The second kappa shape index (κ2) is 11.4. The number of H-pyrrole nitrogens is 1. The number of aromatic amines is 1. The van der Waals surface area contributed by atoms with Crippen molar-refractivity contribution in [2.45, 2.75) is 38.9 Å². The fraction of sp³-hybridized carbons (Fsp3) is 0.562. The summed E-state index contributed by atoms with van der Waals surface area (Å²) < 4.78 is 81.2. The van der Waals surface area contributed by atoms with E-state index < -0.39 is 61.6 Å². The molecule has 13 nitrogen and oxygen atoms in total. The lowest BCUT2D eigenvalue weighted by Crippen LogP contribution is -2.39. The van der Waals surface area contributed by atoms with Crippen LogP contribution in [0.25, 0.3) is 11.2 Å². The maximum Gasteiger partial charge on any atom is 0.490 e. The molecule has 32 heavy (non-hydrogen) atoms. The first-order valence-electron chi connectivity index (χ1n) is 10.9. The molecule has 16 heteroatoms. The molecular weight excluding hydrogens is 445 g/mol. The third-order valence-corrected chi connectivity index (χ3v) is 3.42. The van der Waals surface area contributed by atoms with Gasteiger partial charge in [0.2, 0.25) is 5.95 Å². The van der Waals surface area contributed by atoms with E-state index in [9.17, 15) is 27.9 Å². The van der Waals surface area contributed by atoms with E-state index in [4.69, 9.17) is 33.0 Å². The van der Waals surface area contributed by atoms with E-state index in [1.54, 1.807) is 13.8 Å². The van der Waals surface area contributed by atoms with Gasteiger partial charge in [0, 0.05) is 0 Å². The van der Waals surface area contributed by atoms with Crippen LogP contribution < -0.4 is 17.0 Å². The molecule has 0 amide bonds. The first-order valence-corrected chi connectivity index (χ1v) is 8.40. The summed E-state index contributed by atoms with van der Waals surface area (Å²) in [4.78, 5) is 42.6. The Morgan fingerprint density at radius 2 is 2.03 bits per heavy atom. The monoisotopic (exact) mass is 473 g/mol. The van der Waals surface area contributed by atoms with Crippen LogP contribution in [0.5, 0.6) is 0 Å². The molecule has 2 aromatic rings. The molecule has 0 bridgehead atoms. The Balaban J connectivity index is 0.000000856. The van der Waals surface area contributed by atoms with Crippen LogP contribution >= 0.6 is 0 Å². The molecule has 0 saturated heterocycles. The summed E-state index contributed by atoms with van der Waals surface area (Å²) in [5.41, 5.74) is 10.1. The molecule has 1 unspecified atom stereocenters. The van der Waals surface area contributed by atoms with Crippen LogP contribution in [-0.4, -0.2) is 73.1 Å². The van der Waals surface area contributed by atoms with Crippen LogP contribution in [0, 0.1) is 5.92 Å². The second-order valence-electron chi connectivity index (χ2n) is 6.15. The molecule has 0 aliphatic carbocycles. The zero-order chi connectivity index (χ0) is 29.1. The van der Waals surface area contributed by atoms with Crippen molar-refractivity contribution in [1.29, 1.82) is 0 Å². The maximum atomic E-state index is 12.0. The molecule has 0 fully saturated rings. The van der Waals surface area contributed by atoms with Gasteiger partial charge in [-0.1, -0.05) is 13.8 Å². The molecule has 2 heterocycles. The van der Waals surface area contributed by atoms with Crippen molar-refractivity contribution < 1.29 is 49.3 Å². The van der Waals surface area contributed by atoms with Crippen molar-refractivity contribution >= 4 is 29.1 Å². The minimum Gasteiger partial charge on any atom is -0.475 e. The number of carbonyl (C=O) groups is 2. The number of aromatic nitrogens is 4. The smallest absolute Gasteiger partial charge is 0.475 e. The Hall–Kier alpha value is -3.24. The minimum atomic E-state index is -5.08. The number of nitrogens with zero attached hydrogens (tertiary/aromatic N) is 3. The highest BCUT2D eigenvalue weighted by atomic mass is 19.4. The van der Waals surface area contributed by atoms with Crippen LogP contribution in [0.15, 0.2) is 11.1 Å². The van der Waals surface area contributed by atoms with Crippen molar-refractivity contribution in [1.82, 2.24) is 19.5 Å². The van der Waals surface area contributed by atoms with Gasteiger partial charge in [-0.2, -0.15) is 18.2 Å². The first-order chi connectivity index (χ1) is 16.5. The van der Waals surface area contributed by atoms with Gasteiger partial charge in [-0.3, -0.25) is 19.1 Å². The SMILES string of the molecule is O=C(O)C(F)(F)F.[2H]C([2H])(O)C([2H])(OCn1cnc2c(=O)[nH]c(N)nc21)C([2H])([2H])OC(=O)[C@@H](N)C(C)C. The molecule has 0 radical (unpaired) electrons. The fourth-order valence-electron chi connectivity index (χ4n) is 1.72. The van der Waals surface area contributed by atoms with E-state index in [1.807, 2.05) is 0 Å². The first kappa shape index (κ1) is 19.4. The Morgan fingerprint density at radius 1 is 1.44 bits per heavy atom. The van der Waals surface area contributed by atoms with Gasteiger partial charge >= 0.3 is 18.1 Å². The number of aliphatic carboxylic acids is 1. The van der Waals surface area contributed by atoms with Gasteiger partial charge in [0.1, 0.15) is 25.4 Å². The molecule has 2 aromatic heterocycles.